The van der Waals surface area contributed by atoms with Crippen LogP contribution in [0.2, 0.25) is 0 Å². The highest BCUT2D eigenvalue weighted by molar-refractivity contribution is 6.00. The van der Waals surface area contributed by atoms with Crippen LogP contribution in [0.3, 0.4) is 0 Å². The lowest BCUT2D eigenvalue weighted by atomic mass is 9.81. The van der Waals surface area contributed by atoms with Gasteiger partial charge in [-0.15, -0.1) is 0 Å². The minimum absolute atomic E-state index is 0.00537. The average Bonchev–Trinajstić information content (AvgIpc) is 2.61. The first-order chi connectivity index (χ1) is 11.7. The van der Waals surface area contributed by atoms with Gasteiger partial charge in [0.05, 0.1) is 19.1 Å². The fourth-order valence-corrected chi connectivity index (χ4v) is 3.69. The Balaban J connectivity index is 1.81. The summed E-state index contributed by atoms with van der Waals surface area (Å²) in [6.07, 6.45) is 6.03. The third-order valence-electron chi connectivity index (χ3n) is 4.82. The third kappa shape index (κ3) is 2.24. The zero-order valence-electron chi connectivity index (χ0n) is 13.8. The van der Waals surface area contributed by atoms with Gasteiger partial charge in [0, 0.05) is 17.5 Å². The highest BCUT2D eigenvalue weighted by Gasteiger charge is 2.38. The first-order valence-corrected chi connectivity index (χ1v) is 8.11. The molecule has 24 heavy (non-hydrogen) atoms. The van der Waals surface area contributed by atoms with E-state index in [1.807, 2.05) is 43.3 Å². The summed E-state index contributed by atoms with van der Waals surface area (Å²) in [7, 11) is 1.65. The number of fused-ring (bicyclic) bond motifs is 3. The first kappa shape index (κ1) is 14.8. The molecule has 0 saturated heterocycles. The molecule has 0 radical (unpaired) electrons. The molecule has 0 fully saturated rings. The van der Waals surface area contributed by atoms with E-state index in [-0.39, 0.29) is 17.7 Å². The van der Waals surface area contributed by atoms with Gasteiger partial charge in [-0.25, -0.2) is 0 Å². The Morgan fingerprint density at radius 2 is 1.79 bits per heavy atom. The molecule has 0 saturated carbocycles. The molecule has 0 spiro atoms. The van der Waals surface area contributed by atoms with Crippen LogP contribution in [0.15, 0.2) is 66.4 Å². The molecule has 4 rings (SSSR count). The second-order valence-electron chi connectivity index (χ2n) is 6.22. The number of para-hydroxylation sites is 1. The summed E-state index contributed by atoms with van der Waals surface area (Å²) in [5.41, 5.74) is 4.35. The van der Waals surface area contributed by atoms with E-state index in [4.69, 9.17) is 4.74 Å². The number of ketones is 1. The van der Waals surface area contributed by atoms with Gasteiger partial charge in [0.1, 0.15) is 5.75 Å². The molecule has 0 aromatic heterocycles. The van der Waals surface area contributed by atoms with Crippen LogP contribution in [-0.2, 0) is 4.79 Å². The summed E-state index contributed by atoms with van der Waals surface area (Å²) in [5.74, 6) is 0.752. The number of rotatable bonds is 2. The SMILES string of the molecule is COc1ccc(C2C(=O)C=C(C)N3c4ccccc4C=CC23)cc1. The second kappa shape index (κ2) is 5.68. The number of methoxy groups -OCH3 is 1. The number of benzene rings is 2. The zero-order chi connectivity index (χ0) is 16.7. The van der Waals surface area contributed by atoms with Gasteiger partial charge in [-0.3, -0.25) is 4.79 Å². The van der Waals surface area contributed by atoms with Crippen molar-refractivity contribution in [3.63, 3.8) is 0 Å². The van der Waals surface area contributed by atoms with Gasteiger partial charge in [-0.1, -0.05) is 42.5 Å². The lowest BCUT2D eigenvalue weighted by Crippen LogP contribution is -2.45. The van der Waals surface area contributed by atoms with Crippen LogP contribution in [-0.4, -0.2) is 18.9 Å². The van der Waals surface area contributed by atoms with Crippen molar-refractivity contribution in [2.75, 3.05) is 12.0 Å². The van der Waals surface area contributed by atoms with E-state index in [1.54, 1.807) is 13.2 Å². The maximum Gasteiger partial charge on any atom is 0.167 e. The molecule has 2 aliphatic heterocycles. The van der Waals surface area contributed by atoms with Crippen molar-refractivity contribution in [1.82, 2.24) is 0 Å². The maximum atomic E-state index is 12.8. The maximum absolute atomic E-state index is 12.8. The van der Waals surface area contributed by atoms with Crippen LogP contribution < -0.4 is 9.64 Å². The van der Waals surface area contributed by atoms with E-state index in [0.717, 1.165) is 22.7 Å². The van der Waals surface area contributed by atoms with Crippen molar-refractivity contribution in [3.8, 4) is 5.75 Å². The Kier molecular flexibility index (Phi) is 3.49. The summed E-state index contributed by atoms with van der Waals surface area (Å²) in [6, 6.07) is 16.1. The number of nitrogens with zero attached hydrogens (tertiary/aromatic N) is 1. The van der Waals surface area contributed by atoms with Gasteiger partial charge < -0.3 is 9.64 Å². The van der Waals surface area contributed by atoms with E-state index in [2.05, 4.69) is 29.2 Å². The molecule has 0 N–H and O–H groups in total. The van der Waals surface area contributed by atoms with Crippen molar-refractivity contribution < 1.29 is 9.53 Å². The van der Waals surface area contributed by atoms with Crippen LogP contribution in [0.4, 0.5) is 5.69 Å². The minimum atomic E-state index is -0.204. The number of carbonyl (C=O) groups excluding carboxylic acids is 1. The number of hydrogen-bond acceptors (Lipinski definition) is 3. The fourth-order valence-electron chi connectivity index (χ4n) is 3.69. The van der Waals surface area contributed by atoms with Gasteiger partial charge in [0.2, 0.25) is 0 Å². The summed E-state index contributed by atoms with van der Waals surface area (Å²) >= 11 is 0. The van der Waals surface area contributed by atoms with Crippen molar-refractivity contribution in [1.29, 1.82) is 0 Å². The van der Waals surface area contributed by atoms with Crippen LogP contribution in [0.1, 0.15) is 24.0 Å². The van der Waals surface area contributed by atoms with E-state index in [9.17, 15) is 4.79 Å². The number of hydrogen-bond donors (Lipinski definition) is 0. The molecule has 0 amide bonds. The standard InChI is InChI=1S/C21H19NO2/c1-14-13-20(23)21(16-7-10-17(24-2)11-8-16)19-12-9-15-5-3-4-6-18(15)22(14)19/h3-13,19,21H,1-2H3. The molecule has 3 nitrogen and oxygen atoms in total. The topological polar surface area (TPSA) is 29.5 Å². The number of ether oxygens (including phenoxy) is 1. The molecule has 2 aliphatic rings. The number of anilines is 1. The van der Waals surface area contributed by atoms with Crippen molar-refractivity contribution in [3.05, 3.63) is 77.5 Å². The monoisotopic (exact) mass is 317 g/mol. The lowest BCUT2D eigenvalue weighted by Gasteiger charge is -2.42. The molecule has 2 aromatic carbocycles. The number of allylic oxidation sites excluding steroid dienone is 2. The van der Waals surface area contributed by atoms with Crippen molar-refractivity contribution >= 4 is 17.5 Å². The number of carbonyl (C=O) groups is 1. The average molecular weight is 317 g/mol. The van der Waals surface area contributed by atoms with E-state index < -0.39 is 0 Å². The largest absolute Gasteiger partial charge is 0.497 e. The Labute approximate surface area is 141 Å². The zero-order valence-corrected chi connectivity index (χ0v) is 13.8. The normalized spacial score (nSPS) is 21.8. The van der Waals surface area contributed by atoms with Gasteiger partial charge >= 0.3 is 0 Å². The molecule has 2 heterocycles. The molecule has 2 unspecified atom stereocenters. The van der Waals surface area contributed by atoms with E-state index >= 15 is 0 Å². The summed E-state index contributed by atoms with van der Waals surface area (Å²) < 4.78 is 5.23. The minimum Gasteiger partial charge on any atom is -0.497 e. The van der Waals surface area contributed by atoms with Gasteiger partial charge in [-0.05, 0) is 36.2 Å². The van der Waals surface area contributed by atoms with Gasteiger partial charge in [0.15, 0.2) is 5.78 Å². The second-order valence-corrected chi connectivity index (χ2v) is 6.22. The van der Waals surface area contributed by atoms with Crippen LogP contribution in [0, 0.1) is 0 Å². The van der Waals surface area contributed by atoms with Crippen molar-refractivity contribution in [2.45, 2.75) is 18.9 Å². The fraction of sp³-hybridized carbons (Fsp3) is 0.190. The Morgan fingerprint density at radius 3 is 2.54 bits per heavy atom. The van der Waals surface area contributed by atoms with Gasteiger partial charge in [0.25, 0.3) is 0 Å². The molecule has 2 aromatic rings. The highest BCUT2D eigenvalue weighted by Crippen LogP contribution is 2.41. The molecular weight excluding hydrogens is 298 g/mol. The Morgan fingerprint density at radius 1 is 1.04 bits per heavy atom. The van der Waals surface area contributed by atoms with Crippen LogP contribution >= 0.6 is 0 Å². The lowest BCUT2D eigenvalue weighted by molar-refractivity contribution is -0.116. The van der Waals surface area contributed by atoms with Gasteiger partial charge in [-0.2, -0.15) is 0 Å². The quantitative estimate of drug-likeness (QED) is 0.832. The predicted octanol–water partition coefficient (Wildman–Crippen LogP) is 4.17. The molecule has 0 bridgehead atoms. The smallest absolute Gasteiger partial charge is 0.167 e. The molecular formula is C21H19NO2. The van der Waals surface area contributed by atoms with Crippen LogP contribution in [0.5, 0.6) is 5.75 Å². The first-order valence-electron chi connectivity index (χ1n) is 8.11. The van der Waals surface area contributed by atoms with Crippen molar-refractivity contribution in [2.24, 2.45) is 0 Å². The third-order valence-corrected chi connectivity index (χ3v) is 4.82. The van der Waals surface area contributed by atoms with E-state index in [0.29, 0.717) is 0 Å². The summed E-state index contributed by atoms with van der Waals surface area (Å²) in [4.78, 5) is 15.0. The highest BCUT2D eigenvalue weighted by atomic mass is 16.5. The molecule has 3 heteroatoms. The van der Waals surface area contributed by atoms with E-state index in [1.165, 1.54) is 5.56 Å². The molecule has 2 atom stereocenters. The Hall–Kier alpha value is -2.81. The summed E-state index contributed by atoms with van der Waals surface area (Å²) in [5, 5.41) is 0. The Bertz CT molecular complexity index is 848. The van der Waals surface area contributed by atoms with Crippen LogP contribution in [0.25, 0.3) is 6.08 Å². The summed E-state index contributed by atoms with van der Waals surface area (Å²) in [6.45, 7) is 2.01. The predicted molar refractivity (Wildman–Crippen MR) is 96.2 cm³/mol. The molecule has 0 aliphatic carbocycles. The molecule has 120 valence electrons.